The normalized spacial score (nSPS) is 17.3. The number of methoxy groups -OCH3 is 1. The molecule has 2 amide bonds. The number of carbonyl (C=O) groups excluding carboxylic acids is 2. The maximum absolute atomic E-state index is 12.6. The lowest BCUT2D eigenvalue weighted by Gasteiger charge is -2.31. The van der Waals surface area contributed by atoms with Crippen molar-refractivity contribution in [1.82, 2.24) is 10.2 Å². The third-order valence-electron chi connectivity index (χ3n) is 6.31. The summed E-state index contributed by atoms with van der Waals surface area (Å²) >= 11 is 0. The minimum absolute atomic E-state index is 0.162. The number of amides is 2. The highest BCUT2D eigenvalue weighted by atomic mass is 16.5. The van der Waals surface area contributed by atoms with Crippen LogP contribution in [-0.2, 0) is 4.79 Å². The molecule has 33 heavy (non-hydrogen) atoms. The Balaban J connectivity index is 1.38. The Kier molecular flexibility index (Phi) is 7.29. The lowest BCUT2D eigenvalue weighted by Crippen LogP contribution is -2.39. The average Bonchev–Trinajstić information content (AvgIpc) is 2.85. The Labute approximate surface area is 194 Å². The summed E-state index contributed by atoms with van der Waals surface area (Å²) in [6.07, 6.45) is 8.03. The van der Waals surface area contributed by atoms with Crippen LogP contribution in [0.2, 0.25) is 0 Å². The monoisotopic (exact) mass is 449 g/mol. The summed E-state index contributed by atoms with van der Waals surface area (Å²) < 4.78 is 11.2. The van der Waals surface area contributed by atoms with Crippen LogP contribution in [0.5, 0.6) is 11.5 Å². The Morgan fingerprint density at radius 2 is 2.00 bits per heavy atom. The first-order chi connectivity index (χ1) is 16.0. The van der Waals surface area contributed by atoms with Gasteiger partial charge in [-0.05, 0) is 50.2 Å². The van der Waals surface area contributed by atoms with Crippen molar-refractivity contribution in [1.29, 1.82) is 0 Å². The molecule has 7 heteroatoms. The van der Waals surface area contributed by atoms with Crippen LogP contribution in [0.3, 0.4) is 0 Å². The molecule has 7 nitrogen and oxygen atoms in total. The molecular weight excluding hydrogens is 418 g/mol. The van der Waals surface area contributed by atoms with Gasteiger partial charge in [-0.3, -0.25) is 9.59 Å². The highest BCUT2D eigenvalue weighted by molar-refractivity contribution is 6.09. The Morgan fingerprint density at radius 3 is 2.79 bits per heavy atom. The third-order valence-corrected chi connectivity index (χ3v) is 6.31. The van der Waals surface area contributed by atoms with Crippen LogP contribution in [0.25, 0.3) is 6.08 Å². The number of hydrogen-bond donors (Lipinski definition) is 2. The van der Waals surface area contributed by atoms with E-state index < -0.39 is 0 Å². The van der Waals surface area contributed by atoms with Crippen LogP contribution in [0.1, 0.15) is 48.0 Å². The van der Waals surface area contributed by atoms with E-state index in [4.69, 9.17) is 9.47 Å². The van der Waals surface area contributed by atoms with Gasteiger partial charge in [0.15, 0.2) is 11.5 Å². The number of fused-ring (bicyclic) bond motifs is 1. The van der Waals surface area contributed by atoms with Gasteiger partial charge < -0.3 is 25.0 Å². The van der Waals surface area contributed by atoms with Crippen LogP contribution < -0.4 is 20.1 Å². The summed E-state index contributed by atoms with van der Waals surface area (Å²) in [4.78, 5) is 27.6. The molecule has 2 N–H and O–H groups in total. The fraction of sp³-hybridized carbons (Fsp3) is 0.385. The molecule has 1 aliphatic heterocycles. The van der Waals surface area contributed by atoms with E-state index >= 15 is 0 Å². The summed E-state index contributed by atoms with van der Waals surface area (Å²) in [6.45, 7) is 1.40. The predicted octanol–water partition coefficient (Wildman–Crippen LogP) is 4.06. The van der Waals surface area contributed by atoms with E-state index in [-0.39, 0.29) is 17.6 Å². The highest BCUT2D eigenvalue weighted by Gasteiger charge is 2.24. The zero-order valence-corrected chi connectivity index (χ0v) is 19.2. The van der Waals surface area contributed by atoms with Gasteiger partial charge >= 0.3 is 0 Å². The molecule has 2 aromatic carbocycles. The van der Waals surface area contributed by atoms with Crippen molar-refractivity contribution < 1.29 is 19.1 Å². The summed E-state index contributed by atoms with van der Waals surface area (Å²) in [5, 5.41) is 5.80. The average molecular weight is 450 g/mol. The summed E-state index contributed by atoms with van der Waals surface area (Å²) in [7, 11) is 3.71. The predicted molar refractivity (Wildman–Crippen MR) is 129 cm³/mol. The maximum atomic E-state index is 12.6. The van der Waals surface area contributed by atoms with Crippen molar-refractivity contribution in [3.8, 4) is 11.5 Å². The molecule has 1 fully saturated rings. The number of ether oxygens (including phenoxy) is 2. The Bertz CT molecular complexity index is 1040. The summed E-state index contributed by atoms with van der Waals surface area (Å²) in [6, 6.07) is 13.1. The van der Waals surface area contributed by atoms with Gasteiger partial charge in [0, 0.05) is 30.3 Å². The molecule has 2 aromatic rings. The van der Waals surface area contributed by atoms with Crippen molar-refractivity contribution in [2.75, 3.05) is 32.6 Å². The minimum Gasteiger partial charge on any atom is -0.496 e. The first-order valence-electron chi connectivity index (χ1n) is 11.5. The van der Waals surface area contributed by atoms with Crippen molar-refractivity contribution in [2.24, 2.45) is 0 Å². The van der Waals surface area contributed by atoms with Gasteiger partial charge in [-0.2, -0.15) is 0 Å². The van der Waals surface area contributed by atoms with Crippen molar-refractivity contribution in [3.05, 3.63) is 59.4 Å². The van der Waals surface area contributed by atoms with Crippen LogP contribution in [0.4, 0.5) is 5.69 Å². The molecule has 0 spiro atoms. The molecule has 0 radical (unpaired) electrons. The highest BCUT2D eigenvalue weighted by Crippen LogP contribution is 2.33. The molecule has 1 heterocycles. The number of anilines is 1. The molecule has 0 unspecified atom stereocenters. The molecular formula is C26H31N3O4. The smallest absolute Gasteiger partial charge is 0.291 e. The molecule has 1 aliphatic carbocycles. The molecule has 0 saturated heterocycles. The molecule has 4 rings (SSSR count). The van der Waals surface area contributed by atoms with Gasteiger partial charge in [-0.25, -0.2) is 0 Å². The van der Waals surface area contributed by atoms with E-state index in [2.05, 4.69) is 22.6 Å². The number of nitrogens with one attached hydrogen (secondary N) is 2. The van der Waals surface area contributed by atoms with E-state index in [9.17, 15) is 9.59 Å². The van der Waals surface area contributed by atoms with Crippen LogP contribution in [0.15, 0.2) is 48.2 Å². The molecule has 174 valence electrons. The third kappa shape index (κ3) is 5.54. The molecule has 0 aromatic heterocycles. The fourth-order valence-electron chi connectivity index (χ4n) is 4.38. The van der Waals surface area contributed by atoms with E-state index in [0.717, 1.165) is 12.1 Å². The number of likely N-dealkylation sites (N-methyl/N-ethyl adjacent to an activating group) is 1. The lowest BCUT2D eigenvalue weighted by atomic mass is 9.94. The van der Waals surface area contributed by atoms with Crippen molar-refractivity contribution >= 4 is 23.6 Å². The SMILES string of the molecule is COc1ccccc1/C=C1\Oc2ccc(C(=O)NCCN(C)C3CCCCC3)cc2NC1=O. The zero-order chi connectivity index (χ0) is 23.2. The van der Waals surface area contributed by atoms with Gasteiger partial charge in [0.25, 0.3) is 11.8 Å². The number of rotatable bonds is 7. The minimum atomic E-state index is -0.375. The van der Waals surface area contributed by atoms with E-state index in [1.54, 1.807) is 31.4 Å². The molecule has 2 aliphatic rings. The van der Waals surface area contributed by atoms with Gasteiger partial charge in [0.05, 0.1) is 12.8 Å². The number of nitrogens with zero attached hydrogens (tertiary/aromatic N) is 1. The summed E-state index contributed by atoms with van der Waals surface area (Å²) in [5.41, 5.74) is 1.70. The second-order valence-corrected chi connectivity index (χ2v) is 8.55. The van der Waals surface area contributed by atoms with Crippen molar-refractivity contribution in [3.63, 3.8) is 0 Å². The standard InChI is InChI=1S/C26H31N3O4/c1-29(20-9-4-3-5-10-20)15-14-27-25(30)19-12-13-23-21(16-19)28-26(31)24(33-23)17-18-8-6-7-11-22(18)32-2/h6-8,11-13,16-17,20H,3-5,9-10,14-15H2,1-2H3,(H,27,30)(H,28,31)/b24-17-. The number of carbonyl (C=O) groups is 2. The zero-order valence-electron chi connectivity index (χ0n) is 19.2. The molecule has 0 atom stereocenters. The second-order valence-electron chi connectivity index (χ2n) is 8.55. The van der Waals surface area contributed by atoms with Gasteiger partial charge in [0.2, 0.25) is 0 Å². The first kappa shape index (κ1) is 22.9. The largest absolute Gasteiger partial charge is 0.496 e. The lowest BCUT2D eigenvalue weighted by molar-refractivity contribution is -0.115. The van der Waals surface area contributed by atoms with Gasteiger partial charge in [-0.1, -0.05) is 37.5 Å². The fourth-order valence-corrected chi connectivity index (χ4v) is 4.38. The number of para-hydroxylation sites is 1. The molecule has 1 saturated carbocycles. The van der Waals surface area contributed by atoms with E-state index in [1.165, 1.54) is 32.1 Å². The number of benzene rings is 2. The second kappa shape index (κ2) is 10.5. The van der Waals surface area contributed by atoms with Crippen LogP contribution in [0, 0.1) is 0 Å². The van der Waals surface area contributed by atoms with Gasteiger partial charge in [-0.15, -0.1) is 0 Å². The maximum Gasteiger partial charge on any atom is 0.291 e. The quantitative estimate of drug-likeness (QED) is 0.623. The first-order valence-corrected chi connectivity index (χ1v) is 11.5. The van der Waals surface area contributed by atoms with E-state index in [0.29, 0.717) is 35.3 Å². The number of hydrogen-bond acceptors (Lipinski definition) is 5. The topological polar surface area (TPSA) is 79.9 Å². The molecule has 0 bridgehead atoms. The Morgan fingerprint density at radius 1 is 1.21 bits per heavy atom. The van der Waals surface area contributed by atoms with Crippen LogP contribution in [-0.4, -0.2) is 50.0 Å². The Hall–Kier alpha value is -3.32. The van der Waals surface area contributed by atoms with Gasteiger partial charge in [0.1, 0.15) is 5.75 Å². The van der Waals surface area contributed by atoms with Crippen LogP contribution >= 0.6 is 0 Å². The van der Waals surface area contributed by atoms with Crippen molar-refractivity contribution in [2.45, 2.75) is 38.1 Å². The summed E-state index contributed by atoms with van der Waals surface area (Å²) in [5.74, 6) is 0.757. The van der Waals surface area contributed by atoms with E-state index in [1.807, 2.05) is 24.3 Å².